The van der Waals surface area contributed by atoms with Gasteiger partial charge in [-0.05, 0) is 42.4 Å². The maximum atomic E-state index is 8.76. The topological polar surface area (TPSA) is 41.6 Å². The molecule has 0 N–H and O–H groups in total. The van der Waals surface area contributed by atoms with Crippen LogP contribution in [-0.2, 0) is 13.0 Å². The third-order valence-electron chi connectivity index (χ3n) is 3.72. The number of benzene rings is 1. The number of nitriles is 1. The third kappa shape index (κ3) is 2.68. The van der Waals surface area contributed by atoms with Crippen molar-refractivity contribution >= 4 is 0 Å². The summed E-state index contributed by atoms with van der Waals surface area (Å²) in [6, 6.07) is 8.47. The largest absolute Gasteiger partial charge is 0.272 e. The molecule has 1 aliphatic carbocycles. The van der Waals surface area contributed by atoms with E-state index < -0.39 is 0 Å². The first-order chi connectivity index (χ1) is 9.26. The molecule has 1 aliphatic rings. The molecule has 0 spiro atoms. The molecular formula is C16H17N3. The van der Waals surface area contributed by atoms with Crippen molar-refractivity contribution in [2.45, 2.75) is 32.7 Å². The minimum absolute atomic E-state index is 0.479. The summed E-state index contributed by atoms with van der Waals surface area (Å²) in [6.07, 6.45) is 7.22. The van der Waals surface area contributed by atoms with Crippen molar-refractivity contribution in [3.8, 4) is 17.2 Å². The molecule has 1 saturated carbocycles. The molecule has 96 valence electrons. The Morgan fingerprint density at radius 1 is 1.37 bits per heavy atom. The Bertz CT molecular complexity index is 630. The molecule has 1 fully saturated rings. The molecule has 2 aromatic rings. The van der Waals surface area contributed by atoms with Crippen LogP contribution in [0.25, 0.3) is 11.1 Å². The van der Waals surface area contributed by atoms with Crippen LogP contribution in [0, 0.1) is 24.2 Å². The molecule has 0 aliphatic heterocycles. The van der Waals surface area contributed by atoms with E-state index in [-0.39, 0.29) is 0 Å². The summed E-state index contributed by atoms with van der Waals surface area (Å²) in [7, 11) is 0. The van der Waals surface area contributed by atoms with E-state index in [2.05, 4.69) is 36.4 Å². The zero-order valence-corrected chi connectivity index (χ0v) is 11.1. The highest BCUT2D eigenvalue weighted by Gasteiger charge is 2.22. The van der Waals surface area contributed by atoms with Crippen molar-refractivity contribution < 1.29 is 0 Å². The molecular weight excluding hydrogens is 234 g/mol. The van der Waals surface area contributed by atoms with Crippen LogP contribution in [-0.4, -0.2) is 9.78 Å². The molecule has 19 heavy (non-hydrogen) atoms. The summed E-state index contributed by atoms with van der Waals surface area (Å²) >= 11 is 0. The second kappa shape index (κ2) is 4.89. The standard InChI is InChI=1S/C16H17N3/c1-12-8-15(5-4-14(12)6-7-17)16-9-18-19(11-16)10-13-2-3-13/h4-5,8-9,11,13H,2-3,6,10H2,1H3. The maximum Gasteiger partial charge on any atom is 0.0669 e. The van der Waals surface area contributed by atoms with E-state index in [4.69, 9.17) is 5.26 Å². The lowest BCUT2D eigenvalue weighted by Crippen LogP contribution is -1.98. The zero-order chi connectivity index (χ0) is 13.2. The summed E-state index contributed by atoms with van der Waals surface area (Å²) in [5, 5.41) is 13.2. The lowest BCUT2D eigenvalue weighted by molar-refractivity contribution is 0.563. The van der Waals surface area contributed by atoms with Crippen molar-refractivity contribution in [2.24, 2.45) is 5.92 Å². The molecule has 0 saturated heterocycles. The zero-order valence-electron chi connectivity index (χ0n) is 11.1. The number of hydrogen-bond acceptors (Lipinski definition) is 2. The van der Waals surface area contributed by atoms with E-state index in [1.807, 2.05) is 16.9 Å². The van der Waals surface area contributed by atoms with Gasteiger partial charge in [-0.3, -0.25) is 4.68 Å². The van der Waals surface area contributed by atoms with Crippen molar-refractivity contribution in [2.75, 3.05) is 0 Å². The van der Waals surface area contributed by atoms with E-state index >= 15 is 0 Å². The van der Waals surface area contributed by atoms with E-state index in [1.54, 1.807) is 0 Å². The van der Waals surface area contributed by atoms with Crippen molar-refractivity contribution in [3.63, 3.8) is 0 Å². The Morgan fingerprint density at radius 2 is 2.21 bits per heavy atom. The van der Waals surface area contributed by atoms with Crippen LogP contribution in [0.3, 0.4) is 0 Å². The monoisotopic (exact) mass is 251 g/mol. The van der Waals surface area contributed by atoms with Crippen molar-refractivity contribution in [1.29, 1.82) is 5.26 Å². The third-order valence-corrected chi connectivity index (χ3v) is 3.72. The molecule has 0 unspecified atom stereocenters. The number of nitrogens with zero attached hydrogens (tertiary/aromatic N) is 3. The summed E-state index contributed by atoms with van der Waals surface area (Å²) < 4.78 is 2.05. The van der Waals surface area contributed by atoms with Crippen LogP contribution in [0.5, 0.6) is 0 Å². The van der Waals surface area contributed by atoms with Crippen LogP contribution in [0.4, 0.5) is 0 Å². The van der Waals surface area contributed by atoms with Crippen LogP contribution in [0.15, 0.2) is 30.6 Å². The second-order valence-electron chi connectivity index (χ2n) is 5.37. The lowest BCUT2D eigenvalue weighted by atomic mass is 10.0. The van der Waals surface area contributed by atoms with E-state index in [0.29, 0.717) is 6.42 Å². The van der Waals surface area contributed by atoms with Gasteiger partial charge in [-0.1, -0.05) is 18.2 Å². The number of aromatic nitrogens is 2. The predicted molar refractivity (Wildman–Crippen MR) is 74.4 cm³/mol. The van der Waals surface area contributed by atoms with Gasteiger partial charge in [-0.15, -0.1) is 0 Å². The molecule has 3 heteroatoms. The van der Waals surface area contributed by atoms with Crippen molar-refractivity contribution in [1.82, 2.24) is 9.78 Å². The first-order valence-corrected chi connectivity index (χ1v) is 6.75. The van der Waals surface area contributed by atoms with Crippen LogP contribution >= 0.6 is 0 Å². The van der Waals surface area contributed by atoms with Gasteiger partial charge in [-0.2, -0.15) is 10.4 Å². The Labute approximate surface area is 113 Å². The van der Waals surface area contributed by atoms with Crippen LogP contribution < -0.4 is 0 Å². The fraction of sp³-hybridized carbons (Fsp3) is 0.375. The molecule has 0 atom stereocenters. The molecule has 0 radical (unpaired) electrons. The minimum atomic E-state index is 0.479. The summed E-state index contributed by atoms with van der Waals surface area (Å²) in [5.41, 5.74) is 4.62. The van der Waals surface area contributed by atoms with Gasteiger partial charge in [0.15, 0.2) is 0 Å². The SMILES string of the molecule is Cc1cc(-c2cnn(CC3CC3)c2)ccc1CC#N. The van der Waals surface area contributed by atoms with Gasteiger partial charge in [-0.25, -0.2) is 0 Å². The van der Waals surface area contributed by atoms with E-state index in [9.17, 15) is 0 Å². The van der Waals surface area contributed by atoms with E-state index in [0.717, 1.165) is 23.6 Å². The molecule has 1 aromatic heterocycles. The fourth-order valence-corrected chi connectivity index (χ4v) is 2.34. The van der Waals surface area contributed by atoms with Gasteiger partial charge < -0.3 is 0 Å². The first kappa shape index (κ1) is 12.0. The molecule has 1 heterocycles. The molecule has 3 nitrogen and oxygen atoms in total. The Kier molecular flexibility index (Phi) is 3.08. The maximum absolute atomic E-state index is 8.76. The van der Waals surface area contributed by atoms with E-state index in [1.165, 1.54) is 24.0 Å². The highest BCUT2D eigenvalue weighted by atomic mass is 15.3. The first-order valence-electron chi connectivity index (χ1n) is 6.75. The Hall–Kier alpha value is -2.08. The molecule has 0 amide bonds. The smallest absolute Gasteiger partial charge is 0.0669 e. The number of hydrogen-bond donors (Lipinski definition) is 0. The van der Waals surface area contributed by atoms with Crippen LogP contribution in [0.2, 0.25) is 0 Å². The molecule has 0 bridgehead atoms. The average Bonchev–Trinajstić information content (AvgIpc) is 3.08. The highest BCUT2D eigenvalue weighted by Crippen LogP contribution is 2.31. The average molecular weight is 251 g/mol. The molecule has 1 aromatic carbocycles. The predicted octanol–water partition coefficient (Wildman–Crippen LogP) is 3.33. The normalized spacial score (nSPS) is 14.3. The molecule has 3 rings (SSSR count). The van der Waals surface area contributed by atoms with Gasteiger partial charge >= 0.3 is 0 Å². The van der Waals surface area contributed by atoms with Crippen LogP contribution in [0.1, 0.15) is 24.0 Å². The second-order valence-corrected chi connectivity index (χ2v) is 5.37. The van der Waals surface area contributed by atoms with Gasteiger partial charge in [0, 0.05) is 18.3 Å². The Morgan fingerprint density at radius 3 is 2.89 bits per heavy atom. The van der Waals surface area contributed by atoms with Gasteiger partial charge in [0.1, 0.15) is 0 Å². The highest BCUT2D eigenvalue weighted by molar-refractivity contribution is 5.63. The minimum Gasteiger partial charge on any atom is -0.272 e. The number of aryl methyl sites for hydroxylation is 1. The summed E-state index contributed by atoms with van der Waals surface area (Å²) in [4.78, 5) is 0. The summed E-state index contributed by atoms with van der Waals surface area (Å²) in [5.74, 6) is 0.840. The van der Waals surface area contributed by atoms with Gasteiger partial charge in [0.05, 0.1) is 18.7 Å². The summed E-state index contributed by atoms with van der Waals surface area (Å²) in [6.45, 7) is 3.11. The Balaban J connectivity index is 1.82. The van der Waals surface area contributed by atoms with Gasteiger partial charge in [0.2, 0.25) is 0 Å². The lowest BCUT2D eigenvalue weighted by Gasteiger charge is -2.04. The van der Waals surface area contributed by atoms with Crippen molar-refractivity contribution in [3.05, 3.63) is 41.7 Å². The fourth-order valence-electron chi connectivity index (χ4n) is 2.34. The van der Waals surface area contributed by atoms with Gasteiger partial charge in [0.25, 0.3) is 0 Å². The number of rotatable bonds is 4. The quantitative estimate of drug-likeness (QED) is 0.836.